The Morgan fingerprint density at radius 2 is 2.00 bits per heavy atom. The van der Waals surface area contributed by atoms with Gasteiger partial charge in [-0.05, 0) is 43.0 Å². The van der Waals surface area contributed by atoms with Gasteiger partial charge >= 0.3 is 0 Å². The lowest BCUT2D eigenvalue weighted by atomic mass is 10.1. The average molecular weight is 279 g/mol. The maximum atomic E-state index is 13.4. The van der Waals surface area contributed by atoms with E-state index in [1.165, 1.54) is 18.1 Å². The molecule has 0 bridgehead atoms. The predicted molar refractivity (Wildman–Crippen MR) is 77.2 cm³/mol. The Morgan fingerprint density at radius 1 is 1.21 bits per heavy atom. The third-order valence-electron chi connectivity index (χ3n) is 3.15. The van der Waals surface area contributed by atoms with E-state index in [9.17, 15) is 4.39 Å². The monoisotopic (exact) mass is 279 g/mol. The lowest BCUT2D eigenvalue weighted by molar-refractivity contribution is 0.384. The number of thiophene rings is 1. The fourth-order valence-electron chi connectivity index (χ4n) is 2.04. The van der Waals surface area contributed by atoms with Crippen LogP contribution in [0.4, 0.5) is 4.39 Å². The van der Waals surface area contributed by atoms with Gasteiger partial charge in [0.1, 0.15) is 0 Å². The Balaban J connectivity index is 2.09. The molecule has 1 N–H and O–H groups in total. The van der Waals surface area contributed by atoms with Gasteiger partial charge in [0.15, 0.2) is 11.6 Å². The van der Waals surface area contributed by atoms with Crippen LogP contribution in [0.15, 0.2) is 35.7 Å². The summed E-state index contributed by atoms with van der Waals surface area (Å²) in [5.74, 6) is -0.0420. The molecule has 19 heavy (non-hydrogen) atoms. The maximum absolute atomic E-state index is 13.4. The molecule has 0 saturated carbocycles. The molecule has 2 rings (SSSR count). The van der Waals surface area contributed by atoms with Crippen LogP contribution in [-0.4, -0.2) is 7.11 Å². The molecule has 0 radical (unpaired) electrons. The smallest absolute Gasteiger partial charge is 0.165 e. The molecule has 0 amide bonds. The maximum Gasteiger partial charge on any atom is 0.165 e. The summed E-state index contributed by atoms with van der Waals surface area (Å²) in [6, 6.07) is 9.54. The minimum atomic E-state index is -0.329. The van der Waals surface area contributed by atoms with Gasteiger partial charge in [-0.25, -0.2) is 4.39 Å². The average Bonchev–Trinajstić information content (AvgIpc) is 2.93. The van der Waals surface area contributed by atoms with Crippen molar-refractivity contribution >= 4 is 11.3 Å². The van der Waals surface area contributed by atoms with Crippen molar-refractivity contribution in [1.29, 1.82) is 0 Å². The molecule has 0 aliphatic carbocycles. The Morgan fingerprint density at radius 3 is 2.63 bits per heavy atom. The van der Waals surface area contributed by atoms with E-state index in [1.54, 1.807) is 23.5 Å². The van der Waals surface area contributed by atoms with Gasteiger partial charge in [0.25, 0.3) is 0 Å². The third kappa shape index (κ3) is 3.33. The molecule has 2 nitrogen and oxygen atoms in total. The second-order valence-electron chi connectivity index (χ2n) is 4.52. The molecule has 0 fully saturated rings. The Kier molecular flexibility index (Phi) is 4.56. The molecule has 102 valence electrons. The highest BCUT2D eigenvalue weighted by molar-refractivity contribution is 7.10. The first-order valence-corrected chi connectivity index (χ1v) is 7.12. The number of ether oxygens (including phenoxy) is 1. The Labute approximate surface area is 117 Å². The quantitative estimate of drug-likeness (QED) is 0.880. The molecule has 2 atom stereocenters. The highest BCUT2D eigenvalue weighted by atomic mass is 32.1. The van der Waals surface area contributed by atoms with E-state index in [1.807, 2.05) is 6.07 Å². The van der Waals surface area contributed by atoms with Crippen molar-refractivity contribution in [2.45, 2.75) is 25.9 Å². The van der Waals surface area contributed by atoms with Gasteiger partial charge in [-0.1, -0.05) is 12.1 Å². The van der Waals surface area contributed by atoms with Crippen molar-refractivity contribution in [2.24, 2.45) is 0 Å². The molecular weight excluding hydrogens is 261 g/mol. The minimum absolute atomic E-state index is 0.131. The van der Waals surface area contributed by atoms with Crippen LogP contribution in [0, 0.1) is 5.82 Å². The largest absolute Gasteiger partial charge is 0.494 e. The summed E-state index contributed by atoms with van der Waals surface area (Å²) in [5.41, 5.74) is 1.02. The number of hydrogen-bond acceptors (Lipinski definition) is 3. The standard InChI is InChI=1S/C15H18FNOS/c1-10(17-11(2)15-5-4-8-19-15)12-6-7-13(16)14(9-12)18-3/h4-11,17H,1-3H3/t10?,11-/m0/s1. The van der Waals surface area contributed by atoms with E-state index < -0.39 is 0 Å². The number of hydrogen-bond donors (Lipinski definition) is 1. The molecule has 1 aromatic heterocycles. The minimum Gasteiger partial charge on any atom is -0.494 e. The van der Waals surface area contributed by atoms with Gasteiger partial charge in [0, 0.05) is 17.0 Å². The topological polar surface area (TPSA) is 21.3 Å². The molecule has 0 spiro atoms. The lowest BCUT2D eigenvalue weighted by Crippen LogP contribution is -2.21. The van der Waals surface area contributed by atoms with Crippen molar-refractivity contribution in [3.63, 3.8) is 0 Å². The fourth-order valence-corrected chi connectivity index (χ4v) is 2.78. The van der Waals surface area contributed by atoms with Crippen LogP contribution < -0.4 is 10.1 Å². The van der Waals surface area contributed by atoms with Gasteiger partial charge in [-0.3, -0.25) is 0 Å². The molecule has 2 aromatic rings. The van der Waals surface area contributed by atoms with Gasteiger partial charge < -0.3 is 10.1 Å². The highest BCUT2D eigenvalue weighted by Gasteiger charge is 2.13. The van der Waals surface area contributed by atoms with Crippen LogP contribution >= 0.6 is 11.3 Å². The van der Waals surface area contributed by atoms with Gasteiger partial charge in [0.2, 0.25) is 0 Å². The summed E-state index contributed by atoms with van der Waals surface area (Å²) < 4.78 is 18.4. The SMILES string of the molecule is COc1cc(C(C)N[C@@H](C)c2cccs2)ccc1F. The molecule has 0 saturated heterocycles. The third-order valence-corrected chi connectivity index (χ3v) is 4.20. The van der Waals surface area contributed by atoms with Crippen LogP contribution in [0.3, 0.4) is 0 Å². The number of halogens is 1. The van der Waals surface area contributed by atoms with Crippen LogP contribution in [0.25, 0.3) is 0 Å². The second kappa shape index (κ2) is 6.17. The van der Waals surface area contributed by atoms with Crippen LogP contribution in [0.1, 0.15) is 36.4 Å². The molecule has 1 aromatic carbocycles. The zero-order chi connectivity index (χ0) is 13.8. The van der Waals surface area contributed by atoms with E-state index >= 15 is 0 Å². The van der Waals surface area contributed by atoms with Crippen molar-refractivity contribution in [2.75, 3.05) is 7.11 Å². The first-order valence-electron chi connectivity index (χ1n) is 6.24. The zero-order valence-electron chi connectivity index (χ0n) is 11.3. The number of rotatable bonds is 5. The summed E-state index contributed by atoms with van der Waals surface area (Å²) in [6.45, 7) is 4.19. The molecule has 4 heteroatoms. The van der Waals surface area contributed by atoms with Crippen LogP contribution in [-0.2, 0) is 0 Å². The predicted octanol–water partition coefficient (Wildman–Crippen LogP) is 4.31. The van der Waals surface area contributed by atoms with Crippen LogP contribution in [0.2, 0.25) is 0 Å². The van der Waals surface area contributed by atoms with Gasteiger partial charge in [0.05, 0.1) is 7.11 Å². The van der Waals surface area contributed by atoms with E-state index in [-0.39, 0.29) is 23.7 Å². The summed E-state index contributed by atoms with van der Waals surface area (Å²) >= 11 is 1.73. The van der Waals surface area contributed by atoms with Crippen molar-refractivity contribution in [3.05, 3.63) is 52.0 Å². The molecule has 0 aliphatic rings. The second-order valence-corrected chi connectivity index (χ2v) is 5.50. The number of methoxy groups -OCH3 is 1. The van der Waals surface area contributed by atoms with Crippen molar-refractivity contribution < 1.29 is 9.13 Å². The normalized spacial score (nSPS) is 14.1. The first kappa shape index (κ1) is 14.0. The van der Waals surface area contributed by atoms with E-state index in [0.717, 1.165) is 5.56 Å². The summed E-state index contributed by atoms with van der Waals surface area (Å²) in [4.78, 5) is 1.29. The number of benzene rings is 1. The van der Waals surface area contributed by atoms with Gasteiger partial charge in [-0.2, -0.15) is 0 Å². The van der Waals surface area contributed by atoms with E-state index in [2.05, 4.69) is 30.6 Å². The highest BCUT2D eigenvalue weighted by Crippen LogP contribution is 2.26. The summed E-state index contributed by atoms with van der Waals surface area (Å²) in [6.07, 6.45) is 0. The Bertz CT molecular complexity index is 527. The van der Waals surface area contributed by atoms with E-state index in [4.69, 9.17) is 4.74 Å². The Hall–Kier alpha value is -1.39. The summed E-state index contributed by atoms with van der Waals surface area (Å²) in [7, 11) is 1.48. The van der Waals surface area contributed by atoms with Crippen LogP contribution in [0.5, 0.6) is 5.75 Å². The van der Waals surface area contributed by atoms with E-state index in [0.29, 0.717) is 0 Å². The lowest BCUT2D eigenvalue weighted by Gasteiger charge is -2.20. The first-order chi connectivity index (χ1) is 9.11. The molecular formula is C15H18FNOS. The van der Waals surface area contributed by atoms with Gasteiger partial charge in [-0.15, -0.1) is 11.3 Å². The molecule has 1 unspecified atom stereocenters. The van der Waals surface area contributed by atoms with Crippen molar-refractivity contribution in [1.82, 2.24) is 5.32 Å². The molecule has 1 heterocycles. The zero-order valence-corrected chi connectivity index (χ0v) is 12.1. The fraction of sp³-hybridized carbons (Fsp3) is 0.333. The number of nitrogens with one attached hydrogen (secondary N) is 1. The van der Waals surface area contributed by atoms with Crippen molar-refractivity contribution in [3.8, 4) is 5.75 Å². The summed E-state index contributed by atoms with van der Waals surface area (Å²) in [5, 5.41) is 5.57. The molecule has 0 aliphatic heterocycles.